The summed E-state index contributed by atoms with van der Waals surface area (Å²) in [4.78, 5) is 8.85. The van der Waals surface area contributed by atoms with Crippen molar-refractivity contribution in [1.29, 1.82) is 0 Å². The summed E-state index contributed by atoms with van der Waals surface area (Å²) < 4.78 is 11.3. The second kappa shape index (κ2) is 8.61. The Balaban J connectivity index is 1.32. The van der Waals surface area contributed by atoms with Gasteiger partial charge in [-0.3, -0.25) is 4.99 Å². The van der Waals surface area contributed by atoms with E-state index in [1.165, 1.54) is 5.56 Å². The zero-order valence-corrected chi connectivity index (χ0v) is 15.9. The molecule has 0 bridgehead atoms. The number of hydrogen-bond acceptors (Lipinski definition) is 4. The zero-order valence-electron chi connectivity index (χ0n) is 15.9. The minimum Gasteiger partial charge on any atom is -0.493 e. The summed E-state index contributed by atoms with van der Waals surface area (Å²) in [5.74, 6) is 2.76. The highest BCUT2D eigenvalue weighted by atomic mass is 16.5. The molecule has 4 rings (SSSR count). The van der Waals surface area contributed by atoms with Gasteiger partial charge in [-0.25, -0.2) is 4.98 Å². The number of oxazole rings is 1. The predicted molar refractivity (Wildman–Crippen MR) is 109 cm³/mol. The molecule has 1 atom stereocenters. The molecule has 2 N–H and O–H groups in total. The van der Waals surface area contributed by atoms with E-state index in [1.807, 2.05) is 42.5 Å². The van der Waals surface area contributed by atoms with Gasteiger partial charge in [0.25, 0.3) is 0 Å². The van der Waals surface area contributed by atoms with E-state index in [0.717, 1.165) is 42.5 Å². The fraction of sp³-hybridized carbons (Fsp3) is 0.273. The molecule has 2 heterocycles. The van der Waals surface area contributed by atoms with Crippen LogP contribution in [0.4, 0.5) is 0 Å². The van der Waals surface area contributed by atoms with Gasteiger partial charge in [0.1, 0.15) is 12.0 Å². The van der Waals surface area contributed by atoms with Crippen molar-refractivity contribution in [3.8, 4) is 17.2 Å². The normalized spacial score (nSPS) is 16.2. The van der Waals surface area contributed by atoms with Gasteiger partial charge in [0.05, 0.1) is 18.8 Å². The lowest BCUT2D eigenvalue weighted by Gasteiger charge is -2.26. The van der Waals surface area contributed by atoms with Crippen LogP contribution in [0.2, 0.25) is 0 Å². The van der Waals surface area contributed by atoms with Crippen LogP contribution in [0.3, 0.4) is 0 Å². The van der Waals surface area contributed by atoms with Crippen molar-refractivity contribution in [2.24, 2.45) is 4.99 Å². The molecule has 1 aliphatic heterocycles. The fourth-order valence-corrected chi connectivity index (χ4v) is 3.34. The maximum atomic E-state index is 5.74. The summed E-state index contributed by atoms with van der Waals surface area (Å²) in [7, 11) is 1.77. The number of hydrogen-bond donors (Lipinski definition) is 2. The first-order valence-corrected chi connectivity index (χ1v) is 9.49. The van der Waals surface area contributed by atoms with Crippen molar-refractivity contribution in [3.63, 3.8) is 0 Å². The first-order valence-electron chi connectivity index (χ1n) is 9.49. The SMILES string of the molecule is CN=C(NCc1coc(-c2ccccc2)n1)NCC1CCOc2ccccc21. The third-order valence-corrected chi connectivity index (χ3v) is 4.83. The second-order valence-corrected chi connectivity index (χ2v) is 6.69. The van der Waals surface area contributed by atoms with Gasteiger partial charge in [-0.15, -0.1) is 0 Å². The topological polar surface area (TPSA) is 71.7 Å². The molecule has 144 valence electrons. The van der Waals surface area contributed by atoms with Gasteiger partial charge in [-0.2, -0.15) is 0 Å². The Hall–Kier alpha value is -3.28. The van der Waals surface area contributed by atoms with Crippen molar-refractivity contribution in [3.05, 3.63) is 72.1 Å². The number of guanidine groups is 1. The van der Waals surface area contributed by atoms with Crippen LogP contribution in [0.15, 0.2) is 70.3 Å². The van der Waals surface area contributed by atoms with Crippen LogP contribution in [-0.2, 0) is 6.54 Å². The molecular weight excluding hydrogens is 352 g/mol. The van der Waals surface area contributed by atoms with Gasteiger partial charge in [0, 0.05) is 25.1 Å². The maximum absolute atomic E-state index is 5.74. The number of nitrogens with one attached hydrogen (secondary N) is 2. The third kappa shape index (κ3) is 4.17. The summed E-state index contributed by atoms with van der Waals surface area (Å²) in [6, 6.07) is 18.1. The highest BCUT2D eigenvalue weighted by Crippen LogP contribution is 2.32. The van der Waals surface area contributed by atoms with Crippen LogP contribution < -0.4 is 15.4 Å². The molecule has 2 aromatic carbocycles. The average molecular weight is 376 g/mol. The standard InChI is InChI=1S/C22H24N4O2/c1-23-22(24-13-17-11-12-27-20-10-6-5-9-19(17)20)25-14-18-15-28-21(26-18)16-7-3-2-4-8-16/h2-10,15,17H,11-14H2,1H3,(H2,23,24,25). The maximum Gasteiger partial charge on any atom is 0.226 e. The largest absolute Gasteiger partial charge is 0.493 e. The Bertz CT molecular complexity index is 936. The predicted octanol–water partition coefficient (Wildman–Crippen LogP) is 3.57. The summed E-state index contributed by atoms with van der Waals surface area (Å²) in [6.45, 7) is 2.09. The summed E-state index contributed by atoms with van der Waals surface area (Å²) in [5.41, 5.74) is 3.05. The van der Waals surface area contributed by atoms with Gasteiger partial charge in [-0.1, -0.05) is 36.4 Å². The van der Waals surface area contributed by atoms with Gasteiger partial charge in [0.2, 0.25) is 5.89 Å². The molecule has 0 fully saturated rings. The Morgan fingerprint density at radius 2 is 1.93 bits per heavy atom. The van der Waals surface area contributed by atoms with E-state index >= 15 is 0 Å². The molecule has 28 heavy (non-hydrogen) atoms. The van der Waals surface area contributed by atoms with Crippen molar-refractivity contribution in [2.75, 3.05) is 20.2 Å². The highest BCUT2D eigenvalue weighted by Gasteiger charge is 2.21. The van der Waals surface area contributed by atoms with Gasteiger partial charge in [0.15, 0.2) is 5.96 Å². The van der Waals surface area contributed by atoms with E-state index < -0.39 is 0 Å². The van der Waals surface area contributed by atoms with Crippen molar-refractivity contribution >= 4 is 5.96 Å². The number of aromatic nitrogens is 1. The molecule has 6 heteroatoms. The van der Waals surface area contributed by atoms with Gasteiger partial charge < -0.3 is 19.8 Å². The number of fused-ring (bicyclic) bond motifs is 1. The first kappa shape index (κ1) is 18.1. The van der Waals surface area contributed by atoms with Crippen LogP contribution in [0.1, 0.15) is 23.6 Å². The quantitative estimate of drug-likeness (QED) is 0.526. The Labute approximate surface area is 164 Å². The van der Waals surface area contributed by atoms with Crippen LogP contribution in [0, 0.1) is 0 Å². The molecule has 0 amide bonds. The lowest BCUT2D eigenvalue weighted by Crippen LogP contribution is -2.39. The second-order valence-electron chi connectivity index (χ2n) is 6.69. The zero-order chi connectivity index (χ0) is 19.2. The van der Waals surface area contributed by atoms with Crippen molar-refractivity contribution < 1.29 is 9.15 Å². The minimum absolute atomic E-state index is 0.403. The number of para-hydroxylation sites is 1. The summed E-state index contributed by atoms with van der Waals surface area (Å²) in [6.07, 6.45) is 2.67. The van der Waals surface area contributed by atoms with Gasteiger partial charge >= 0.3 is 0 Å². The number of rotatable bonds is 5. The van der Waals surface area contributed by atoms with E-state index in [1.54, 1.807) is 13.3 Å². The van der Waals surface area contributed by atoms with Crippen molar-refractivity contribution in [1.82, 2.24) is 15.6 Å². The van der Waals surface area contributed by atoms with Crippen LogP contribution in [0.5, 0.6) is 5.75 Å². The highest BCUT2D eigenvalue weighted by molar-refractivity contribution is 5.79. The molecule has 0 radical (unpaired) electrons. The smallest absolute Gasteiger partial charge is 0.226 e. The van der Waals surface area contributed by atoms with E-state index in [2.05, 4.69) is 32.7 Å². The Morgan fingerprint density at radius 1 is 1.11 bits per heavy atom. The number of ether oxygens (including phenoxy) is 1. The summed E-state index contributed by atoms with van der Waals surface area (Å²) in [5, 5.41) is 6.71. The molecule has 1 unspecified atom stereocenters. The van der Waals surface area contributed by atoms with Crippen LogP contribution >= 0.6 is 0 Å². The molecular formula is C22H24N4O2. The van der Waals surface area contributed by atoms with E-state index in [-0.39, 0.29) is 0 Å². The van der Waals surface area contributed by atoms with E-state index in [4.69, 9.17) is 9.15 Å². The van der Waals surface area contributed by atoms with Crippen molar-refractivity contribution in [2.45, 2.75) is 18.9 Å². The molecule has 1 aromatic heterocycles. The van der Waals surface area contributed by atoms with E-state index in [0.29, 0.717) is 18.4 Å². The van der Waals surface area contributed by atoms with E-state index in [9.17, 15) is 0 Å². The lowest BCUT2D eigenvalue weighted by molar-refractivity contribution is 0.267. The summed E-state index contributed by atoms with van der Waals surface area (Å²) >= 11 is 0. The number of benzene rings is 2. The molecule has 6 nitrogen and oxygen atoms in total. The molecule has 0 spiro atoms. The monoisotopic (exact) mass is 376 g/mol. The Kier molecular flexibility index (Phi) is 5.56. The fourth-order valence-electron chi connectivity index (χ4n) is 3.34. The first-order chi connectivity index (χ1) is 13.8. The molecule has 0 saturated heterocycles. The molecule has 1 aliphatic rings. The average Bonchev–Trinajstić information content (AvgIpc) is 3.24. The van der Waals surface area contributed by atoms with Gasteiger partial charge in [-0.05, 0) is 30.2 Å². The Morgan fingerprint density at radius 3 is 2.79 bits per heavy atom. The lowest BCUT2D eigenvalue weighted by atomic mass is 9.93. The molecule has 0 aliphatic carbocycles. The number of aliphatic imine (C=N–C) groups is 1. The number of nitrogens with zero attached hydrogens (tertiary/aromatic N) is 2. The molecule has 3 aromatic rings. The van der Waals surface area contributed by atoms with Crippen LogP contribution in [-0.4, -0.2) is 31.1 Å². The van der Waals surface area contributed by atoms with Crippen LogP contribution in [0.25, 0.3) is 11.5 Å². The molecule has 0 saturated carbocycles. The minimum atomic E-state index is 0.403. The third-order valence-electron chi connectivity index (χ3n) is 4.83.